The van der Waals surface area contributed by atoms with E-state index >= 15 is 0 Å². The van der Waals surface area contributed by atoms with Crippen LogP contribution in [0.4, 0.5) is 0 Å². The van der Waals surface area contributed by atoms with E-state index in [1.165, 1.54) is 5.56 Å². The molecule has 0 spiro atoms. The lowest BCUT2D eigenvalue weighted by Gasteiger charge is -2.40. The van der Waals surface area contributed by atoms with Gasteiger partial charge in [0.05, 0.1) is 17.1 Å². The third kappa shape index (κ3) is 10.7. The third-order valence-corrected chi connectivity index (χ3v) is 12.2. The van der Waals surface area contributed by atoms with E-state index in [0.29, 0.717) is 43.3 Å². The van der Waals surface area contributed by atoms with Gasteiger partial charge in [0.25, 0.3) is 5.91 Å². The number of nitrogens with zero attached hydrogens (tertiary/aromatic N) is 3. The number of carbonyl (C=O) groups is 4. The second-order valence-corrected chi connectivity index (χ2v) is 16.1. The van der Waals surface area contributed by atoms with E-state index in [1.54, 1.807) is 23.5 Å². The van der Waals surface area contributed by atoms with Crippen molar-refractivity contribution in [2.45, 2.75) is 89.6 Å². The number of aromatic nitrogens is 1. The lowest BCUT2D eigenvalue weighted by atomic mass is 9.80. The van der Waals surface area contributed by atoms with E-state index in [0.717, 1.165) is 86.8 Å². The summed E-state index contributed by atoms with van der Waals surface area (Å²) >= 11 is 1.67. The van der Waals surface area contributed by atoms with Crippen molar-refractivity contribution in [3.63, 3.8) is 0 Å². The standard InChI is InChI=1S/C41H54N6O4S/c1-29-36-26-38(49)44-35(14-8-9-19-43-40(51)31-12-6-3-7-13-31)25-37(48)42-20-15-34-28-46(27-30-10-4-2-5-11-30)21-16-33(34)24-39(50)47-22-17-32(18-23-47)41(45-36)52-29/h2-7,10-13,32-35H,8-9,14-28H2,1H3,(H,42,48)(H,43,51)(H,44,49)/t33-,34-,35-/m0/s1. The number of unbranched alkanes of at least 4 members (excludes halogenated alkanes) is 1. The molecule has 278 valence electrons. The van der Waals surface area contributed by atoms with Crippen LogP contribution in [0.2, 0.25) is 0 Å². The molecule has 2 aromatic carbocycles. The number of likely N-dealkylation sites (tertiary alicyclic amines) is 1. The van der Waals surface area contributed by atoms with Gasteiger partial charge in [-0.15, -0.1) is 11.3 Å². The first-order chi connectivity index (χ1) is 25.3. The van der Waals surface area contributed by atoms with Gasteiger partial charge in [-0.05, 0) is 87.9 Å². The van der Waals surface area contributed by atoms with Crippen LogP contribution in [0.1, 0.15) is 95.2 Å². The van der Waals surface area contributed by atoms with Gasteiger partial charge in [0.15, 0.2) is 0 Å². The van der Waals surface area contributed by atoms with Crippen molar-refractivity contribution in [3.05, 3.63) is 87.4 Å². The van der Waals surface area contributed by atoms with Crippen molar-refractivity contribution < 1.29 is 19.2 Å². The average molecular weight is 727 g/mol. The molecule has 52 heavy (non-hydrogen) atoms. The molecule has 3 aromatic rings. The van der Waals surface area contributed by atoms with Gasteiger partial charge >= 0.3 is 0 Å². The zero-order valence-electron chi connectivity index (χ0n) is 30.5. The Labute approximate surface area is 312 Å². The molecule has 2 fully saturated rings. The molecule has 7 rings (SSSR count). The third-order valence-electron chi connectivity index (χ3n) is 11.0. The largest absolute Gasteiger partial charge is 0.356 e. The van der Waals surface area contributed by atoms with E-state index in [4.69, 9.17) is 4.98 Å². The summed E-state index contributed by atoms with van der Waals surface area (Å²) < 4.78 is 0. The molecular formula is C41H54N6O4S. The molecule has 4 bridgehead atoms. The minimum Gasteiger partial charge on any atom is -0.356 e. The van der Waals surface area contributed by atoms with Crippen LogP contribution in [-0.4, -0.2) is 83.7 Å². The number of carbonyl (C=O) groups excluding carboxylic acids is 4. The molecule has 4 aliphatic heterocycles. The van der Waals surface area contributed by atoms with Crippen molar-refractivity contribution in [3.8, 4) is 0 Å². The number of thiazole rings is 1. The van der Waals surface area contributed by atoms with Crippen LogP contribution in [0.3, 0.4) is 0 Å². The summed E-state index contributed by atoms with van der Waals surface area (Å²) in [5, 5.41) is 10.3. The summed E-state index contributed by atoms with van der Waals surface area (Å²) in [6, 6.07) is 19.3. The van der Waals surface area contributed by atoms with Gasteiger partial charge in [-0.2, -0.15) is 0 Å². The Kier molecular flexibility index (Phi) is 13.5. The maximum atomic E-state index is 13.7. The van der Waals surface area contributed by atoms with Crippen molar-refractivity contribution in [2.24, 2.45) is 11.8 Å². The average Bonchev–Trinajstić information content (AvgIpc) is 3.51. The Morgan fingerprint density at radius 3 is 2.40 bits per heavy atom. The van der Waals surface area contributed by atoms with Crippen LogP contribution in [0.5, 0.6) is 0 Å². The van der Waals surface area contributed by atoms with Gasteiger partial charge in [0, 0.05) is 74.5 Å². The highest BCUT2D eigenvalue weighted by atomic mass is 32.1. The molecule has 0 saturated carbocycles. The molecule has 11 heteroatoms. The maximum Gasteiger partial charge on any atom is 0.251 e. The molecule has 4 aliphatic rings. The molecule has 3 N–H and O–H groups in total. The second-order valence-electron chi connectivity index (χ2n) is 14.8. The number of piperidine rings is 2. The van der Waals surface area contributed by atoms with Gasteiger partial charge in [0.1, 0.15) is 0 Å². The van der Waals surface area contributed by atoms with Crippen LogP contribution in [0.25, 0.3) is 0 Å². The van der Waals surface area contributed by atoms with Crippen LogP contribution in [0.15, 0.2) is 60.7 Å². The molecule has 2 saturated heterocycles. The highest BCUT2D eigenvalue weighted by Gasteiger charge is 2.34. The van der Waals surface area contributed by atoms with Crippen molar-refractivity contribution in [1.82, 2.24) is 30.7 Å². The molecule has 0 aliphatic carbocycles. The highest BCUT2D eigenvalue weighted by Crippen LogP contribution is 2.35. The lowest BCUT2D eigenvalue weighted by Crippen LogP contribution is -2.45. The minimum absolute atomic E-state index is 0.0859. The summed E-state index contributed by atoms with van der Waals surface area (Å²) in [6.45, 7) is 7.29. The molecular weight excluding hydrogens is 673 g/mol. The fourth-order valence-corrected chi connectivity index (χ4v) is 9.12. The Morgan fingerprint density at radius 1 is 0.885 bits per heavy atom. The van der Waals surface area contributed by atoms with Gasteiger partial charge in [-0.25, -0.2) is 4.98 Å². The summed E-state index contributed by atoms with van der Waals surface area (Å²) in [4.78, 5) is 63.4. The number of nitrogens with one attached hydrogen (secondary N) is 3. The normalized spacial score (nSPS) is 23.7. The minimum atomic E-state index is -0.327. The molecule has 4 amide bonds. The first kappa shape index (κ1) is 37.7. The lowest BCUT2D eigenvalue weighted by molar-refractivity contribution is -0.134. The SMILES string of the molecule is Cc1sc2nc1CC(=O)N[C@@H](CCCCNC(=O)c1ccccc1)CC(=O)NCC[C@H]1CN(Cc3ccccc3)CC[C@H]1CC(=O)N1CCC2CC1. The van der Waals surface area contributed by atoms with Crippen LogP contribution < -0.4 is 16.0 Å². The molecule has 1 aromatic heterocycles. The van der Waals surface area contributed by atoms with Crippen LogP contribution >= 0.6 is 11.3 Å². The van der Waals surface area contributed by atoms with Crippen molar-refractivity contribution in [2.75, 3.05) is 39.3 Å². The monoisotopic (exact) mass is 726 g/mol. The van der Waals surface area contributed by atoms with E-state index in [-0.39, 0.29) is 48.4 Å². The topological polar surface area (TPSA) is 124 Å². The number of fused-ring (bicyclic) bond motifs is 11. The van der Waals surface area contributed by atoms with E-state index in [9.17, 15) is 19.2 Å². The Morgan fingerprint density at radius 2 is 1.63 bits per heavy atom. The number of rotatable bonds is 8. The maximum absolute atomic E-state index is 13.7. The number of hydrogen-bond donors (Lipinski definition) is 3. The molecule has 0 unspecified atom stereocenters. The van der Waals surface area contributed by atoms with Crippen molar-refractivity contribution >= 4 is 35.0 Å². The Hall–Kier alpha value is -4.09. The fourth-order valence-electron chi connectivity index (χ4n) is 8.01. The van der Waals surface area contributed by atoms with E-state index < -0.39 is 0 Å². The zero-order valence-corrected chi connectivity index (χ0v) is 31.3. The molecule has 0 radical (unpaired) electrons. The van der Waals surface area contributed by atoms with Gasteiger partial charge in [0.2, 0.25) is 17.7 Å². The predicted octanol–water partition coefficient (Wildman–Crippen LogP) is 5.22. The number of amides is 4. The van der Waals surface area contributed by atoms with Crippen LogP contribution in [0, 0.1) is 18.8 Å². The van der Waals surface area contributed by atoms with E-state index in [2.05, 4.69) is 50.0 Å². The van der Waals surface area contributed by atoms with Crippen LogP contribution in [-0.2, 0) is 27.3 Å². The van der Waals surface area contributed by atoms with Gasteiger partial charge < -0.3 is 20.9 Å². The smallest absolute Gasteiger partial charge is 0.251 e. The summed E-state index contributed by atoms with van der Waals surface area (Å²) in [7, 11) is 0. The summed E-state index contributed by atoms with van der Waals surface area (Å²) in [5.41, 5.74) is 2.71. The number of hydrogen-bond acceptors (Lipinski definition) is 7. The van der Waals surface area contributed by atoms with Crippen molar-refractivity contribution in [1.29, 1.82) is 0 Å². The highest BCUT2D eigenvalue weighted by molar-refractivity contribution is 7.11. The van der Waals surface area contributed by atoms with E-state index in [1.807, 2.05) is 31.2 Å². The van der Waals surface area contributed by atoms with Gasteiger partial charge in [-0.3, -0.25) is 24.1 Å². The predicted molar refractivity (Wildman–Crippen MR) is 204 cm³/mol. The molecule has 10 nitrogen and oxygen atoms in total. The van der Waals surface area contributed by atoms with Gasteiger partial charge in [-0.1, -0.05) is 48.5 Å². The zero-order chi connectivity index (χ0) is 36.3. The molecule has 3 atom stereocenters. The quantitative estimate of drug-likeness (QED) is 0.274. The number of aryl methyl sites for hydroxylation is 1. The first-order valence-electron chi connectivity index (χ1n) is 19.2. The fraction of sp³-hybridized carbons (Fsp3) is 0.537. The Bertz CT molecular complexity index is 1640. The first-order valence-corrected chi connectivity index (χ1v) is 20.0. The summed E-state index contributed by atoms with van der Waals surface area (Å²) in [5.74, 6) is 0.792. The second kappa shape index (κ2) is 18.6. The summed E-state index contributed by atoms with van der Waals surface area (Å²) in [6.07, 6.45) is 6.59. The molecule has 5 heterocycles. The Balaban J connectivity index is 1.11. The number of benzene rings is 2.